The number of rotatable bonds is 7. The molecular weight excluding hydrogens is 272 g/mol. The number of carbonyl (C=O) groups excluding carboxylic acids is 1. The predicted octanol–water partition coefficient (Wildman–Crippen LogP) is 1.66. The van der Waals surface area contributed by atoms with Crippen molar-refractivity contribution in [3.8, 4) is 0 Å². The van der Waals surface area contributed by atoms with E-state index in [1.807, 2.05) is 19.0 Å². The molecule has 1 rings (SSSR count). The molecule has 0 aliphatic rings. The third kappa shape index (κ3) is 4.71. The van der Waals surface area contributed by atoms with Gasteiger partial charge in [-0.05, 0) is 39.2 Å². The number of hydrogen-bond donors (Lipinski definition) is 1. The molecule has 7 heteroatoms. The van der Waals surface area contributed by atoms with Gasteiger partial charge in [0, 0.05) is 32.4 Å². The van der Waals surface area contributed by atoms with Crippen LogP contribution in [-0.2, 0) is 0 Å². The van der Waals surface area contributed by atoms with Crippen molar-refractivity contribution in [1.82, 2.24) is 9.80 Å². The first-order valence-corrected chi connectivity index (χ1v) is 6.73. The molecule has 1 aromatic carbocycles. The van der Waals surface area contributed by atoms with Crippen molar-refractivity contribution in [1.29, 1.82) is 0 Å². The summed E-state index contributed by atoms with van der Waals surface area (Å²) in [5.74, 6) is -0.336. The Bertz CT molecular complexity index is 517. The van der Waals surface area contributed by atoms with Crippen molar-refractivity contribution in [2.45, 2.75) is 6.42 Å². The Labute approximate surface area is 124 Å². The van der Waals surface area contributed by atoms with Gasteiger partial charge in [0.2, 0.25) is 0 Å². The van der Waals surface area contributed by atoms with Crippen molar-refractivity contribution < 1.29 is 9.72 Å². The fourth-order valence-electron chi connectivity index (χ4n) is 1.95. The van der Waals surface area contributed by atoms with Crippen LogP contribution in [0.3, 0.4) is 0 Å². The number of nitrogens with zero attached hydrogens (tertiary/aromatic N) is 3. The van der Waals surface area contributed by atoms with Crippen LogP contribution in [-0.4, -0.2) is 61.9 Å². The first kappa shape index (κ1) is 16.9. The third-order valence-electron chi connectivity index (χ3n) is 3.16. The zero-order valence-corrected chi connectivity index (χ0v) is 12.9. The van der Waals surface area contributed by atoms with Crippen LogP contribution in [0.15, 0.2) is 18.2 Å². The van der Waals surface area contributed by atoms with E-state index in [0.717, 1.165) is 13.0 Å². The Kier molecular flexibility index (Phi) is 6.10. The molecule has 0 aliphatic heterocycles. The van der Waals surface area contributed by atoms with E-state index in [0.29, 0.717) is 12.2 Å². The number of nitro benzene ring substituents is 1. The molecule has 1 amide bonds. The summed E-state index contributed by atoms with van der Waals surface area (Å²) in [6.07, 6.45) is 0.814. The molecule has 0 radical (unpaired) electrons. The van der Waals surface area contributed by atoms with Gasteiger partial charge in [0.1, 0.15) is 5.56 Å². The smallest absolute Gasteiger partial charge is 0.282 e. The fraction of sp³-hybridized carbons (Fsp3) is 0.500. The minimum atomic E-state index is -0.527. The van der Waals surface area contributed by atoms with Crippen molar-refractivity contribution in [3.63, 3.8) is 0 Å². The fourth-order valence-corrected chi connectivity index (χ4v) is 1.95. The van der Waals surface area contributed by atoms with E-state index in [2.05, 4.69) is 5.32 Å². The Balaban J connectivity index is 2.91. The van der Waals surface area contributed by atoms with Gasteiger partial charge >= 0.3 is 0 Å². The van der Waals surface area contributed by atoms with Gasteiger partial charge in [-0.25, -0.2) is 0 Å². The first-order chi connectivity index (χ1) is 9.86. The van der Waals surface area contributed by atoms with Crippen LogP contribution in [0.5, 0.6) is 0 Å². The maximum atomic E-state index is 12.4. The highest BCUT2D eigenvalue weighted by Crippen LogP contribution is 2.23. The van der Waals surface area contributed by atoms with Crippen LogP contribution < -0.4 is 5.32 Å². The molecule has 1 N–H and O–H groups in total. The van der Waals surface area contributed by atoms with Crippen molar-refractivity contribution in [2.75, 3.05) is 46.6 Å². The molecule has 0 aromatic heterocycles. The minimum Gasteiger partial charge on any atom is -0.388 e. The van der Waals surface area contributed by atoms with Gasteiger partial charge in [0.15, 0.2) is 0 Å². The molecule has 21 heavy (non-hydrogen) atoms. The molecule has 0 unspecified atom stereocenters. The number of benzene rings is 1. The van der Waals surface area contributed by atoms with Crippen molar-refractivity contribution in [2.24, 2.45) is 0 Å². The Morgan fingerprint density at radius 2 is 1.95 bits per heavy atom. The Morgan fingerprint density at radius 3 is 2.48 bits per heavy atom. The summed E-state index contributed by atoms with van der Waals surface area (Å²) >= 11 is 0. The second kappa shape index (κ2) is 7.58. The number of nitrogens with one attached hydrogen (secondary N) is 1. The molecule has 0 atom stereocenters. The second-order valence-electron chi connectivity index (χ2n) is 5.12. The standard InChI is InChI=1S/C14H22N4O3/c1-15-11-6-7-13(18(20)21)12(10-11)14(19)17(4)9-5-8-16(2)3/h6-7,10,15H,5,8-9H2,1-4H3. The maximum absolute atomic E-state index is 12.4. The van der Waals surface area contributed by atoms with Crippen molar-refractivity contribution >= 4 is 17.3 Å². The lowest BCUT2D eigenvalue weighted by atomic mass is 10.1. The highest BCUT2D eigenvalue weighted by Gasteiger charge is 2.23. The largest absolute Gasteiger partial charge is 0.388 e. The van der Waals surface area contributed by atoms with E-state index in [4.69, 9.17) is 0 Å². The summed E-state index contributed by atoms with van der Waals surface area (Å²) < 4.78 is 0. The molecule has 0 aliphatic carbocycles. The molecule has 116 valence electrons. The molecule has 1 aromatic rings. The summed E-state index contributed by atoms with van der Waals surface area (Å²) in [4.78, 5) is 26.5. The van der Waals surface area contributed by atoms with Crippen LogP contribution in [0.4, 0.5) is 11.4 Å². The van der Waals surface area contributed by atoms with E-state index in [9.17, 15) is 14.9 Å². The van der Waals surface area contributed by atoms with E-state index in [-0.39, 0.29) is 17.2 Å². The van der Waals surface area contributed by atoms with Crippen LogP contribution in [0, 0.1) is 10.1 Å². The first-order valence-electron chi connectivity index (χ1n) is 6.73. The topological polar surface area (TPSA) is 78.7 Å². The SMILES string of the molecule is CNc1ccc([N+](=O)[O-])c(C(=O)N(C)CCCN(C)C)c1. The summed E-state index contributed by atoms with van der Waals surface area (Å²) in [6.45, 7) is 1.41. The molecular formula is C14H22N4O3. The molecule has 0 spiro atoms. The molecule has 7 nitrogen and oxygen atoms in total. The predicted molar refractivity (Wildman–Crippen MR) is 82.8 cm³/mol. The lowest BCUT2D eigenvalue weighted by Gasteiger charge is -2.19. The number of anilines is 1. The normalized spacial score (nSPS) is 10.5. The average molecular weight is 294 g/mol. The van der Waals surface area contributed by atoms with Gasteiger partial charge in [-0.2, -0.15) is 0 Å². The van der Waals surface area contributed by atoms with E-state index >= 15 is 0 Å². The van der Waals surface area contributed by atoms with Gasteiger partial charge in [-0.1, -0.05) is 0 Å². The van der Waals surface area contributed by atoms with Gasteiger partial charge in [0.05, 0.1) is 4.92 Å². The quantitative estimate of drug-likeness (QED) is 0.611. The van der Waals surface area contributed by atoms with Gasteiger partial charge in [-0.15, -0.1) is 0 Å². The molecule has 0 heterocycles. The summed E-state index contributed by atoms with van der Waals surface area (Å²) in [5.41, 5.74) is 0.614. The number of carbonyl (C=O) groups is 1. The third-order valence-corrected chi connectivity index (χ3v) is 3.16. The molecule has 0 bridgehead atoms. The van der Waals surface area contributed by atoms with Crippen LogP contribution in [0.2, 0.25) is 0 Å². The minimum absolute atomic E-state index is 0.110. The van der Waals surface area contributed by atoms with Crippen LogP contribution in [0.1, 0.15) is 16.8 Å². The summed E-state index contributed by atoms with van der Waals surface area (Å²) in [6, 6.07) is 4.45. The highest BCUT2D eigenvalue weighted by atomic mass is 16.6. The highest BCUT2D eigenvalue weighted by molar-refractivity contribution is 5.99. The number of nitro groups is 1. The van der Waals surface area contributed by atoms with Gasteiger partial charge in [0.25, 0.3) is 11.6 Å². The van der Waals surface area contributed by atoms with Gasteiger partial charge in [-0.3, -0.25) is 14.9 Å². The number of hydrogen-bond acceptors (Lipinski definition) is 5. The van der Waals surface area contributed by atoms with E-state index < -0.39 is 4.92 Å². The maximum Gasteiger partial charge on any atom is 0.282 e. The van der Waals surface area contributed by atoms with E-state index in [1.165, 1.54) is 17.0 Å². The summed E-state index contributed by atoms with van der Waals surface area (Å²) in [7, 11) is 7.29. The number of amides is 1. The monoisotopic (exact) mass is 294 g/mol. The lowest BCUT2D eigenvalue weighted by Crippen LogP contribution is -2.30. The van der Waals surface area contributed by atoms with Gasteiger partial charge < -0.3 is 15.1 Å². The zero-order valence-electron chi connectivity index (χ0n) is 12.9. The zero-order chi connectivity index (χ0) is 16.0. The molecule has 0 saturated heterocycles. The van der Waals surface area contributed by atoms with Crippen LogP contribution >= 0.6 is 0 Å². The van der Waals surface area contributed by atoms with Crippen LogP contribution in [0.25, 0.3) is 0 Å². The second-order valence-corrected chi connectivity index (χ2v) is 5.12. The molecule has 0 fully saturated rings. The average Bonchev–Trinajstić information content (AvgIpc) is 2.45. The Morgan fingerprint density at radius 1 is 1.29 bits per heavy atom. The van der Waals surface area contributed by atoms with Crippen molar-refractivity contribution in [3.05, 3.63) is 33.9 Å². The van der Waals surface area contributed by atoms with E-state index in [1.54, 1.807) is 20.2 Å². The lowest BCUT2D eigenvalue weighted by molar-refractivity contribution is -0.385. The summed E-state index contributed by atoms with van der Waals surface area (Å²) in [5, 5.41) is 13.9. The molecule has 0 saturated carbocycles. The Hall–Kier alpha value is -2.15.